The molecule has 4 rings (SSSR count). The molecule has 1 spiro atoms. The van der Waals surface area contributed by atoms with Crippen LogP contribution in [0.25, 0.3) is 0 Å². The summed E-state index contributed by atoms with van der Waals surface area (Å²) in [7, 11) is 0. The first-order chi connectivity index (χ1) is 12.6. The minimum atomic E-state index is -0.912. The average molecular weight is 356 g/mol. The van der Waals surface area contributed by atoms with Crippen molar-refractivity contribution in [2.45, 2.75) is 43.4 Å². The Morgan fingerprint density at radius 3 is 2.69 bits per heavy atom. The van der Waals surface area contributed by atoms with E-state index >= 15 is 0 Å². The van der Waals surface area contributed by atoms with Gasteiger partial charge in [0, 0.05) is 38.7 Å². The summed E-state index contributed by atoms with van der Waals surface area (Å²) in [6.07, 6.45) is 4.65. The third-order valence-corrected chi connectivity index (χ3v) is 5.74. The van der Waals surface area contributed by atoms with Crippen LogP contribution in [0, 0.1) is 5.82 Å². The third kappa shape index (κ3) is 3.65. The summed E-state index contributed by atoms with van der Waals surface area (Å²) in [6, 6.07) is 12.5. The van der Waals surface area contributed by atoms with Gasteiger partial charge in [-0.3, -0.25) is 9.88 Å². The van der Waals surface area contributed by atoms with E-state index in [1.807, 2.05) is 24.3 Å². The third-order valence-electron chi connectivity index (χ3n) is 5.74. The SMILES string of the molecule is OC1(c2ccccn2)CCOC2(CCN(Cc3cccc(F)c3)CC2)C1. The molecule has 2 aromatic rings. The van der Waals surface area contributed by atoms with Crippen molar-refractivity contribution >= 4 is 0 Å². The molecule has 1 aromatic heterocycles. The van der Waals surface area contributed by atoms with Crippen molar-refractivity contribution in [2.75, 3.05) is 19.7 Å². The van der Waals surface area contributed by atoms with Gasteiger partial charge in [0.2, 0.25) is 0 Å². The number of likely N-dealkylation sites (tertiary alicyclic amines) is 1. The fourth-order valence-corrected chi connectivity index (χ4v) is 4.30. The van der Waals surface area contributed by atoms with Crippen LogP contribution in [0.3, 0.4) is 0 Å². The number of aliphatic hydroxyl groups is 1. The first-order valence-electron chi connectivity index (χ1n) is 9.32. The molecule has 26 heavy (non-hydrogen) atoms. The van der Waals surface area contributed by atoms with Crippen LogP contribution in [-0.4, -0.2) is 40.3 Å². The molecule has 4 nitrogen and oxygen atoms in total. The Morgan fingerprint density at radius 1 is 1.12 bits per heavy atom. The summed E-state index contributed by atoms with van der Waals surface area (Å²) in [5, 5.41) is 11.2. The van der Waals surface area contributed by atoms with Crippen molar-refractivity contribution in [3.05, 3.63) is 65.7 Å². The van der Waals surface area contributed by atoms with Crippen LogP contribution >= 0.6 is 0 Å². The van der Waals surface area contributed by atoms with Gasteiger partial charge < -0.3 is 9.84 Å². The van der Waals surface area contributed by atoms with Gasteiger partial charge in [0.15, 0.2) is 0 Å². The smallest absolute Gasteiger partial charge is 0.123 e. The summed E-state index contributed by atoms with van der Waals surface area (Å²) < 4.78 is 19.5. The number of hydrogen-bond acceptors (Lipinski definition) is 4. The van der Waals surface area contributed by atoms with Crippen LogP contribution in [-0.2, 0) is 16.9 Å². The Labute approximate surface area is 153 Å². The summed E-state index contributed by atoms with van der Waals surface area (Å²) in [5.41, 5.74) is 0.535. The molecule has 2 saturated heterocycles. The normalized spacial score (nSPS) is 26.1. The Morgan fingerprint density at radius 2 is 1.96 bits per heavy atom. The highest BCUT2D eigenvalue weighted by Gasteiger charge is 2.47. The van der Waals surface area contributed by atoms with Gasteiger partial charge in [-0.2, -0.15) is 0 Å². The minimum Gasteiger partial charge on any atom is -0.383 e. The molecular weight excluding hydrogens is 331 g/mol. The lowest BCUT2D eigenvalue weighted by molar-refractivity contribution is -0.183. The van der Waals surface area contributed by atoms with Crippen molar-refractivity contribution in [3.8, 4) is 0 Å². The molecule has 0 bridgehead atoms. The lowest BCUT2D eigenvalue weighted by Crippen LogP contribution is -2.53. The van der Waals surface area contributed by atoms with Crippen molar-refractivity contribution in [2.24, 2.45) is 0 Å². The number of rotatable bonds is 3. The second-order valence-corrected chi connectivity index (χ2v) is 7.61. The maximum absolute atomic E-state index is 13.4. The molecule has 1 N–H and O–H groups in total. The van der Waals surface area contributed by atoms with E-state index < -0.39 is 5.60 Å². The molecule has 2 aliphatic heterocycles. The number of halogens is 1. The van der Waals surface area contributed by atoms with E-state index in [4.69, 9.17) is 4.74 Å². The van der Waals surface area contributed by atoms with Crippen LogP contribution in [0.1, 0.15) is 36.9 Å². The highest BCUT2D eigenvalue weighted by molar-refractivity contribution is 5.18. The number of pyridine rings is 1. The minimum absolute atomic E-state index is 0.188. The number of aromatic nitrogens is 1. The van der Waals surface area contributed by atoms with Crippen molar-refractivity contribution < 1.29 is 14.2 Å². The second-order valence-electron chi connectivity index (χ2n) is 7.61. The second kappa shape index (κ2) is 7.06. The van der Waals surface area contributed by atoms with E-state index in [-0.39, 0.29) is 11.4 Å². The molecule has 2 aliphatic rings. The number of benzene rings is 1. The molecule has 0 radical (unpaired) electrons. The summed E-state index contributed by atoms with van der Waals surface area (Å²) in [5.74, 6) is -0.188. The van der Waals surface area contributed by atoms with Gasteiger partial charge in [0.1, 0.15) is 11.4 Å². The highest BCUT2D eigenvalue weighted by atomic mass is 19.1. The van der Waals surface area contributed by atoms with E-state index in [2.05, 4.69) is 9.88 Å². The molecule has 5 heteroatoms. The Balaban J connectivity index is 1.41. The lowest BCUT2D eigenvalue weighted by atomic mass is 9.75. The van der Waals surface area contributed by atoms with E-state index in [1.165, 1.54) is 6.07 Å². The first kappa shape index (κ1) is 17.6. The maximum atomic E-state index is 13.4. The molecular formula is C21H25FN2O2. The highest BCUT2D eigenvalue weighted by Crippen LogP contribution is 2.43. The molecule has 0 aliphatic carbocycles. The molecule has 0 saturated carbocycles. The zero-order chi connectivity index (χ0) is 18.0. The van der Waals surface area contributed by atoms with Crippen LogP contribution in [0.15, 0.2) is 48.7 Å². The van der Waals surface area contributed by atoms with E-state index in [0.29, 0.717) is 19.4 Å². The number of piperidine rings is 1. The van der Waals surface area contributed by atoms with Gasteiger partial charge in [-0.05, 0) is 42.7 Å². The Kier molecular flexibility index (Phi) is 4.78. The number of hydrogen-bond donors (Lipinski definition) is 1. The fourth-order valence-electron chi connectivity index (χ4n) is 4.30. The van der Waals surface area contributed by atoms with Gasteiger partial charge in [-0.1, -0.05) is 18.2 Å². The van der Waals surface area contributed by atoms with Gasteiger partial charge in [0.25, 0.3) is 0 Å². The van der Waals surface area contributed by atoms with Crippen LogP contribution < -0.4 is 0 Å². The molecule has 3 heterocycles. The molecule has 1 unspecified atom stereocenters. The van der Waals surface area contributed by atoms with E-state index in [9.17, 15) is 9.50 Å². The summed E-state index contributed by atoms with van der Waals surface area (Å²) in [6.45, 7) is 3.07. The van der Waals surface area contributed by atoms with E-state index in [0.717, 1.165) is 43.7 Å². The predicted molar refractivity (Wildman–Crippen MR) is 97.0 cm³/mol. The number of nitrogens with zero attached hydrogens (tertiary/aromatic N) is 2. The number of ether oxygens (including phenoxy) is 1. The topological polar surface area (TPSA) is 45.6 Å². The quantitative estimate of drug-likeness (QED) is 0.917. The monoisotopic (exact) mass is 356 g/mol. The van der Waals surface area contributed by atoms with Crippen molar-refractivity contribution in [3.63, 3.8) is 0 Å². The van der Waals surface area contributed by atoms with Crippen molar-refractivity contribution in [1.82, 2.24) is 9.88 Å². The standard InChI is InChI=1S/C21H25FN2O2/c22-18-5-3-4-17(14-18)15-24-11-7-20(8-12-24)16-21(25,9-13-26-20)19-6-1-2-10-23-19/h1-6,10,14,25H,7-9,11-13,15-16H2. The Hall–Kier alpha value is -1.82. The van der Waals surface area contributed by atoms with Crippen LogP contribution in [0.2, 0.25) is 0 Å². The average Bonchev–Trinajstić information content (AvgIpc) is 2.65. The fraction of sp³-hybridized carbons (Fsp3) is 0.476. The van der Waals surface area contributed by atoms with Crippen LogP contribution in [0.4, 0.5) is 4.39 Å². The molecule has 1 aromatic carbocycles. The zero-order valence-electron chi connectivity index (χ0n) is 14.9. The largest absolute Gasteiger partial charge is 0.383 e. The Bertz CT molecular complexity index is 747. The zero-order valence-corrected chi connectivity index (χ0v) is 14.9. The molecule has 2 fully saturated rings. The summed E-state index contributed by atoms with van der Waals surface area (Å²) >= 11 is 0. The molecule has 1 atom stereocenters. The maximum Gasteiger partial charge on any atom is 0.123 e. The van der Waals surface area contributed by atoms with Gasteiger partial charge >= 0.3 is 0 Å². The van der Waals surface area contributed by atoms with Gasteiger partial charge in [0.05, 0.1) is 17.9 Å². The lowest BCUT2D eigenvalue weighted by Gasteiger charge is -2.49. The first-order valence-corrected chi connectivity index (χ1v) is 9.32. The van der Waals surface area contributed by atoms with E-state index in [1.54, 1.807) is 18.3 Å². The van der Waals surface area contributed by atoms with Gasteiger partial charge in [-0.25, -0.2) is 4.39 Å². The van der Waals surface area contributed by atoms with Gasteiger partial charge in [-0.15, -0.1) is 0 Å². The predicted octanol–water partition coefficient (Wildman–Crippen LogP) is 3.25. The summed E-state index contributed by atoms with van der Waals surface area (Å²) in [4.78, 5) is 6.71. The molecule has 0 amide bonds. The van der Waals surface area contributed by atoms with Crippen LogP contribution in [0.5, 0.6) is 0 Å². The van der Waals surface area contributed by atoms with Crippen molar-refractivity contribution in [1.29, 1.82) is 0 Å². The molecule has 138 valence electrons.